The van der Waals surface area contributed by atoms with Crippen molar-refractivity contribution in [3.63, 3.8) is 0 Å². The van der Waals surface area contributed by atoms with Crippen LogP contribution in [0.4, 0.5) is 3.89 Å². The van der Waals surface area contributed by atoms with Gasteiger partial charge in [0.15, 0.2) is 0 Å². The minimum Gasteiger partial charge on any atom is -0.314 e. The van der Waals surface area contributed by atoms with E-state index in [2.05, 4.69) is 15.6 Å². The van der Waals surface area contributed by atoms with Gasteiger partial charge in [-0.3, -0.25) is 0 Å². The zero-order valence-electron chi connectivity index (χ0n) is 13.5. The first-order chi connectivity index (χ1) is 11.0. The van der Waals surface area contributed by atoms with Crippen LogP contribution < -0.4 is 5.32 Å². The van der Waals surface area contributed by atoms with Crippen LogP contribution in [-0.4, -0.2) is 36.0 Å². The number of nitrogens with zero attached hydrogens (tertiary/aromatic N) is 3. The fraction of sp³-hybridized carbons (Fsp3) is 0.467. The van der Waals surface area contributed by atoms with E-state index in [0.717, 1.165) is 18.7 Å². The second kappa shape index (κ2) is 9.47. The predicted octanol–water partition coefficient (Wildman–Crippen LogP) is 2.84. The van der Waals surface area contributed by atoms with Crippen LogP contribution in [0, 0.1) is 0 Å². The standard InChI is InChI=1S/C15H19FN4O2S.2ClH/c16-23(21,22)15-7-5-14(6-8-15)20-11-13(18-19-20)9-10-17-12-3-1-2-4-12;;/h5-8,11-12,17H,1-4,9-10H2;2*1H. The van der Waals surface area contributed by atoms with Gasteiger partial charge < -0.3 is 5.32 Å². The first-order valence-electron chi connectivity index (χ1n) is 7.72. The molecule has 0 atom stereocenters. The summed E-state index contributed by atoms with van der Waals surface area (Å²) in [6.07, 6.45) is 7.69. The molecule has 3 rings (SSSR count). The molecule has 0 radical (unpaired) electrons. The van der Waals surface area contributed by atoms with Crippen LogP contribution in [0.2, 0.25) is 0 Å². The summed E-state index contributed by atoms with van der Waals surface area (Å²) in [5, 5.41) is 11.7. The van der Waals surface area contributed by atoms with Gasteiger partial charge in [-0.05, 0) is 37.1 Å². The highest BCUT2D eigenvalue weighted by Crippen LogP contribution is 2.17. The third-order valence-corrected chi connectivity index (χ3v) is 4.93. The molecule has 1 N–H and O–H groups in total. The number of hydrogen-bond acceptors (Lipinski definition) is 5. The maximum absolute atomic E-state index is 12.9. The van der Waals surface area contributed by atoms with Crippen molar-refractivity contribution in [2.45, 2.75) is 43.0 Å². The van der Waals surface area contributed by atoms with Crippen LogP contribution in [0.5, 0.6) is 0 Å². The van der Waals surface area contributed by atoms with E-state index < -0.39 is 10.2 Å². The van der Waals surface area contributed by atoms with Gasteiger partial charge in [-0.2, -0.15) is 8.42 Å². The summed E-state index contributed by atoms with van der Waals surface area (Å²) >= 11 is 0. The second-order valence-electron chi connectivity index (χ2n) is 5.77. The molecule has 0 spiro atoms. The Morgan fingerprint density at radius 1 is 1.16 bits per heavy atom. The Labute approximate surface area is 159 Å². The van der Waals surface area contributed by atoms with Crippen molar-refractivity contribution in [2.75, 3.05) is 6.54 Å². The molecular formula is C15H21Cl2FN4O2S. The highest BCUT2D eigenvalue weighted by molar-refractivity contribution is 7.86. The van der Waals surface area contributed by atoms with Gasteiger partial charge in [-0.15, -0.1) is 33.8 Å². The maximum Gasteiger partial charge on any atom is 0.332 e. The SMILES string of the molecule is Cl.Cl.O=S(=O)(F)c1ccc(-n2cc(CCNC3CCCC3)nn2)cc1. The zero-order valence-corrected chi connectivity index (χ0v) is 15.9. The normalized spacial score (nSPS) is 14.8. The van der Waals surface area contributed by atoms with Crippen LogP contribution in [-0.2, 0) is 16.6 Å². The summed E-state index contributed by atoms with van der Waals surface area (Å²) in [7, 11) is -4.67. The zero-order chi connectivity index (χ0) is 16.3. The smallest absolute Gasteiger partial charge is 0.314 e. The minimum absolute atomic E-state index is 0. The van der Waals surface area contributed by atoms with Gasteiger partial charge in [-0.1, -0.05) is 18.1 Å². The molecule has 0 aliphatic heterocycles. The molecule has 1 aliphatic carbocycles. The molecule has 1 aliphatic rings. The summed E-state index contributed by atoms with van der Waals surface area (Å²) in [5.74, 6) is 0. The van der Waals surface area contributed by atoms with Crippen LogP contribution >= 0.6 is 24.8 Å². The molecule has 1 aromatic heterocycles. The summed E-state index contributed by atoms with van der Waals surface area (Å²) in [5.41, 5.74) is 1.50. The van der Waals surface area contributed by atoms with E-state index in [0.29, 0.717) is 11.7 Å². The quantitative estimate of drug-likeness (QED) is 0.740. The number of rotatable bonds is 6. The molecule has 1 saturated carbocycles. The van der Waals surface area contributed by atoms with Crippen LogP contribution in [0.1, 0.15) is 31.4 Å². The molecule has 1 aromatic carbocycles. The van der Waals surface area contributed by atoms with Crippen molar-refractivity contribution in [1.82, 2.24) is 20.3 Å². The number of hydrogen-bond donors (Lipinski definition) is 1. The molecule has 0 saturated heterocycles. The van der Waals surface area contributed by atoms with Crippen molar-refractivity contribution in [2.24, 2.45) is 0 Å². The lowest BCUT2D eigenvalue weighted by Crippen LogP contribution is -2.28. The van der Waals surface area contributed by atoms with Gasteiger partial charge in [0.25, 0.3) is 0 Å². The van der Waals surface area contributed by atoms with Crippen LogP contribution in [0.3, 0.4) is 0 Å². The monoisotopic (exact) mass is 410 g/mol. The average molecular weight is 411 g/mol. The van der Waals surface area contributed by atoms with E-state index in [9.17, 15) is 12.3 Å². The lowest BCUT2D eigenvalue weighted by atomic mass is 10.2. The summed E-state index contributed by atoms with van der Waals surface area (Å²) in [4.78, 5) is -0.359. The Bertz CT molecular complexity index is 762. The van der Waals surface area contributed by atoms with E-state index in [1.165, 1.54) is 49.9 Å². The fourth-order valence-electron chi connectivity index (χ4n) is 2.83. The first-order valence-corrected chi connectivity index (χ1v) is 9.10. The van der Waals surface area contributed by atoms with E-state index in [1.54, 1.807) is 10.9 Å². The molecule has 2 aromatic rings. The number of aromatic nitrogens is 3. The van der Waals surface area contributed by atoms with E-state index >= 15 is 0 Å². The Morgan fingerprint density at radius 3 is 2.40 bits per heavy atom. The van der Waals surface area contributed by atoms with Crippen molar-refractivity contribution in [1.29, 1.82) is 0 Å². The second-order valence-corrected chi connectivity index (χ2v) is 7.12. The Hall–Kier alpha value is -1.22. The van der Waals surface area contributed by atoms with Crippen LogP contribution in [0.25, 0.3) is 5.69 Å². The highest BCUT2D eigenvalue weighted by Gasteiger charge is 2.14. The van der Waals surface area contributed by atoms with E-state index in [4.69, 9.17) is 0 Å². The van der Waals surface area contributed by atoms with Crippen molar-refractivity contribution < 1.29 is 12.3 Å². The van der Waals surface area contributed by atoms with Gasteiger partial charge in [0.05, 0.1) is 22.5 Å². The molecule has 1 fully saturated rings. The van der Waals surface area contributed by atoms with Gasteiger partial charge >= 0.3 is 10.2 Å². The molecule has 6 nitrogen and oxygen atoms in total. The third-order valence-electron chi connectivity index (χ3n) is 4.09. The molecule has 10 heteroatoms. The topological polar surface area (TPSA) is 76.9 Å². The van der Waals surface area contributed by atoms with Gasteiger partial charge in [0, 0.05) is 19.0 Å². The average Bonchev–Trinajstić information content (AvgIpc) is 3.18. The maximum atomic E-state index is 12.9. The summed E-state index contributed by atoms with van der Waals surface area (Å²) in [6, 6.07) is 6.06. The third kappa shape index (κ3) is 5.91. The number of benzene rings is 1. The van der Waals surface area contributed by atoms with E-state index in [1.807, 2.05) is 0 Å². The molecule has 0 amide bonds. The van der Waals surface area contributed by atoms with Crippen molar-refractivity contribution in [3.8, 4) is 5.69 Å². The predicted molar refractivity (Wildman–Crippen MR) is 98.1 cm³/mol. The molecule has 0 unspecified atom stereocenters. The molecule has 25 heavy (non-hydrogen) atoms. The molecule has 140 valence electrons. The van der Waals surface area contributed by atoms with Gasteiger partial charge in [-0.25, -0.2) is 4.68 Å². The fourth-order valence-corrected chi connectivity index (χ4v) is 3.30. The summed E-state index contributed by atoms with van der Waals surface area (Å²) < 4.78 is 36.0. The molecular weight excluding hydrogens is 390 g/mol. The lowest BCUT2D eigenvalue weighted by molar-refractivity contribution is 0.525. The Balaban J connectivity index is 0.00000156. The lowest BCUT2D eigenvalue weighted by Gasteiger charge is -2.09. The van der Waals surface area contributed by atoms with Crippen molar-refractivity contribution in [3.05, 3.63) is 36.2 Å². The van der Waals surface area contributed by atoms with E-state index in [-0.39, 0.29) is 29.7 Å². The van der Waals surface area contributed by atoms with Gasteiger partial charge in [0.1, 0.15) is 0 Å². The largest absolute Gasteiger partial charge is 0.332 e. The van der Waals surface area contributed by atoms with Gasteiger partial charge in [0.2, 0.25) is 0 Å². The minimum atomic E-state index is -4.67. The first kappa shape index (κ1) is 21.8. The Kier molecular flexibility index (Phi) is 8.27. The highest BCUT2D eigenvalue weighted by atomic mass is 35.5. The Morgan fingerprint density at radius 2 is 1.80 bits per heavy atom. The number of halogens is 3. The molecule has 1 heterocycles. The van der Waals surface area contributed by atoms with Crippen LogP contribution in [0.15, 0.2) is 35.4 Å². The summed E-state index contributed by atoms with van der Waals surface area (Å²) in [6.45, 7) is 0.863. The van der Waals surface area contributed by atoms with Crippen molar-refractivity contribution >= 4 is 35.0 Å². The number of nitrogens with one attached hydrogen (secondary N) is 1. The molecule has 0 bridgehead atoms.